The molecule has 1 spiro atoms. The summed E-state index contributed by atoms with van der Waals surface area (Å²) in [5.74, 6) is 1.24. The Kier molecular flexibility index (Phi) is 7.25. The number of likely N-dealkylation sites (tertiary alicyclic amines) is 1. The third-order valence-electron chi connectivity index (χ3n) is 6.71. The van der Waals surface area contributed by atoms with Crippen molar-refractivity contribution in [1.82, 2.24) is 4.90 Å². The Bertz CT molecular complexity index is 937. The van der Waals surface area contributed by atoms with Gasteiger partial charge in [0.1, 0.15) is 0 Å². The van der Waals surface area contributed by atoms with Crippen LogP contribution < -0.4 is 9.47 Å². The molecule has 1 amide bonds. The van der Waals surface area contributed by atoms with Crippen LogP contribution in [-0.4, -0.2) is 55.9 Å². The highest BCUT2D eigenvalue weighted by Crippen LogP contribution is 2.44. The molecule has 4 rings (SSSR count). The van der Waals surface area contributed by atoms with E-state index in [1.54, 1.807) is 20.3 Å². The zero-order valence-corrected chi connectivity index (χ0v) is 20.1. The van der Waals surface area contributed by atoms with Gasteiger partial charge in [-0.1, -0.05) is 30.3 Å². The summed E-state index contributed by atoms with van der Waals surface area (Å²) in [6, 6.07) is 15.8. The summed E-state index contributed by atoms with van der Waals surface area (Å²) in [6.07, 6.45) is 3.53. The van der Waals surface area contributed by atoms with Crippen LogP contribution >= 0.6 is 0 Å². The lowest BCUT2D eigenvalue weighted by molar-refractivity contribution is -0.186. The molecule has 2 aliphatic rings. The second-order valence-electron chi connectivity index (χ2n) is 9.32. The van der Waals surface area contributed by atoms with E-state index in [4.69, 9.17) is 18.9 Å². The van der Waals surface area contributed by atoms with Crippen molar-refractivity contribution in [2.45, 2.75) is 63.4 Å². The summed E-state index contributed by atoms with van der Waals surface area (Å²) >= 11 is 0. The van der Waals surface area contributed by atoms with Gasteiger partial charge in [0.25, 0.3) is 5.91 Å². The van der Waals surface area contributed by atoms with Crippen LogP contribution in [0.3, 0.4) is 0 Å². The molecule has 2 heterocycles. The van der Waals surface area contributed by atoms with Gasteiger partial charge in [-0.3, -0.25) is 4.79 Å². The normalized spacial score (nSPS) is 22.4. The highest BCUT2D eigenvalue weighted by atomic mass is 16.5. The van der Waals surface area contributed by atoms with Crippen LogP contribution in [0.15, 0.2) is 48.5 Å². The van der Waals surface area contributed by atoms with Gasteiger partial charge in [-0.2, -0.15) is 0 Å². The second kappa shape index (κ2) is 10.1. The van der Waals surface area contributed by atoms with E-state index in [1.807, 2.05) is 36.9 Å². The molecule has 0 N–H and O–H groups in total. The Morgan fingerprint density at radius 3 is 2.42 bits per heavy atom. The predicted octanol–water partition coefficient (Wildman–Crippen LogP) is 5.02. The average molecular weight is 454 g/mol. The molecular formula is C27H35NO5. The topological polar surface area (TPSA) is 57.2 Å². The molecule has 178 valence electrons. The minimum Gasteiger partial charge on any atom is -0.493 e. The number of amides is 1. The minimum absolute atomic E-state index is 0.0120. The summed E-state index contributed by atoms with van der Waals surface area (Å²) in [6.45, 7) is 5.24. The van der Waals surface area contributed by atoms with E-state index in [9.17, 15) is 4.79 Å². The van der Waals surface area contributed by atoms with E-state index in [-0.39, 0.29) is 29.8 Å². The molecule has 0 aromatic heterocycles. The SMILES string of the molecule is COc1cc(C(=O)N2CCC3(CC2)C[C@@H](OC)C[C@@H](c2ccccc2)O3)ccc1OC(C)C. The van der Waals surface area contributed by atoms with E-state index in [0.29, 0.717) is 30.2 Å². The van der Waals surface area contributed by atoms with Gasteiger partial charge in [0.2, 0.25) is 0 Å². The highest BCUT2D eigenvalue weighted by molar-refractivity contribution is 5.95. The quantitative estimate of drug-likeness (QED) is 0.614. The van der Waals surface area contributed by atoms with Crippen molar-refractivity contribution in [1.29, 1.82) is 0 Å². The molecule has 2 aromatic rings. The van der Waals surface area contributed by atoms with Gasteiger partial charge in [0.15, 0.2) is 11.5 Å². The number of carbonyl (C=O) groups excluding carboxylic acids is 1. The van der Waals surface area contributed by atoms with Crippen molar-refractivity contribution in [3.63, 3.8) is 0 Å². The zero-order valence-electron chi connectivity index (χ0n) is 20.1. The van der Waals surface area contributed by atoms with Crippen molar-refractivity contribution >= 4 is 5.91 Å². The molecule has 0 bridgehead atoms. The van der Waals surface area contributed by atoms with Gasteiger partial charge in [-0.05, 0) is 50.5 Å². The number of hydrogen-bond acceptors (Lipinski definition) is 5. The van der Waals surface area contributed by atoms with E-state index in [2.05, 4.69) is 24.3 Å². The molecule has 33 heavy (non-hydrogen) atoms. The Labute approximate surface area is 196 Å². The monoisotopic (exact) mass is 453 g/mol. The van der Waals surface area contributed by atoms with Crippen LogP contribution in [0.25, 0.3) is 0 Å². The van der Waals surface area contributed by atoms with Crippen molar-refractivity contribution in [3.05, 3.63) is 59.7 Å². The van der Waals surface area contributed by atoms with Crippen LogP contribution in [0.2, 0.25) is 0 Å². The minimum atomic E-state index is -0.261. The molecular weight excluding hydrogens is 418 g/mol. The van der Waals surface area contributed by atoms with Gasteiger partial charge >= 0.3 is 0 Å². The third kappa shape index (κ3) is 5.33. The van der Waals surface area contributed by atoms with Gasteiger partial charge in [-0.25, -0.2) is 0 Å². The molecule has 2 fully saturated rings. The van der Waals surface area contributed by atoms with Crippen LogP contribution in [0.4, 0.5) is 0 Å². The van der Waals surface area contributed by atoms with Gasteiger partial charge in [0, 0.05) is 38.6 Å². The van der Waals surface area contributed by atoms with Crippen molar-refractivity contribution in [2.75, 3.05) is 27.3 Å². The summed E-state index contributed by atoms with van der Waals surface area (Å²) in [5, 5.41) is 0. The molecule has 2 saturated heterocycles. The van der Waals surface area contributed by atoms with E-state index >= 15 is 0 Å². The lowest BCUT2D eigenvalue weighted by Crippen LogP contribution is -2.52. The number of methoxy groups -OCH3 is 2. The van der Waals surface area contributed by atoms with E-state index in [0.717, 1.165) is 25.7 Å². The molecule has 0 saturated carbocycles. The van der Waals surface area contributed by atoms with Crippen molar-refractivity contribution in [2.24, 2.45) is 0 Å². The Morgan fingerprint density at radius 1 is 1.06 bits per heavy atom. The Hall–Kier alpha value is -2.57. The van der Waals surface area contributed by atoms with Gasteiger partial charge < -0.3 is 23.8 Å². The van der Waals surface area contributed by atoms with Gasteiger partial charge in [0.05, 0.1) is 31.0 Å². The fourth-order valence-electron chi connectivity index (χ4n) is 4.96. The number of nitrogens with zero attached hydrogens (tertiary/aromatic N) is 1. The first-order chi connectivity index (χ1) is 15.9. The summed E-state index contributed by atoms with van der Waals surface area (Å²) in [5.41, 5.74) is 1.54. The Balaban J connectivity index is 1.45. The molecule has 0 aliphatic carbocycles. The van der Waals surface area contributed by atoms with E-state index < -0.39 is 0 Å². The smallest absolute Gasteiger partial charge is 0.253 e. The summed E-state index contributed by atoms with van der Waals surface area (Å²) in [4.78, 5) is 15.2. The summed E-state index contributed by atoms with van der Waals surface area (Å²) in [7, 11) is 3.38. The highest BCUT2D eigenvalue weighted by Gasteiger charge is 2.45. The first-order valence-electron chi connectivity index (χ1n) is 11.8. The summed E-state index contributed by atoms with van der Waals surface area (Å²) < 4.78 is 23.7. The number of piperidine rings is 1. The van der Waals surface area contributed by atoms with Crippen LogP contribution in [0, 0.1) is 0 Å². The van der Waals surface area contributed by atoms with Crippen LogP contribution in [0.5, 0.6) is 11.5 Å². The fourth-order valence-corrected chi connectivity index (χ4v) is 4.96. The largest absolute Gasteiger partial charge is 0.493 e. The molecule has 2 aliphatic heterocycles. The van der Waals surface area contributed by atoms with Crippen molar-refractivity contribution in [3.8, 4) is 11.5 Å². The van der Waals surface area contributed by atoms with Gasteiger partial charge in [-0.15, -0.1) is 0 Å². The predicted molar refractivity (Wildman–Crippen MR) is 127 cm³/mol. The number of ether oxygens (including phenoxy) is 4. The average Bonchev–Trinajstić information content (AvgIpc) is 2.84. The second-order valence-corrected chi connectivity index (χ2v) is 9.32. The zero-order chi connectivity index (χ0) is 23.4. The van der Waals surface area contributed by atoms with E-state index in [1.165, 1.54) is 5.56 Å². The third-order valence-corrected chi connectivity index (χ3v) is 6.71. The molecule has 2 atom stereocenters. The maximum Gasteiger partial charge on any atom is 0.253 e. The lowest BCUT2D eigenvalue weighted by atomic mass is 9.80. The molecule has 6 heteroatoms. The maximum absolute atomic E-state index is 13.2. The Morgan fingerprint density at radius 2 is 1.79 bits per heavy atom. The number of benzene rings is 2. The van der Waals surface area contributed by atoms with Crippen LogP contribution in [0.1, 0.15) is 61.6 Å². The fraction of sp³-hybridized carbons (Fsp3) is 0.519. The maximum atomic E-state index is 13.2. The standard InChI is InChI=1S/C27H35NO5/c1-19(2)32-23-11-10-21(16-25(23)31-4)26(29)28-14-12-27(13-15-28)18-22(30-3)17-24(33-27)20-8-6-5-7-9-20/h5-11,16,19,22,24H,12-15,17-18H2,1-4H3/t22-,24-/m0/s1. The first-order valence-corrected chi connectivity index (χ1v) is 11.8. The van der Waals surface area contributed by atoms with Crippen LogP contribution in [-0.2, 0) is 9.47 Å². The number of hydrogen-bond donors (Lipinski definition) is 0. The molecule has 0 radical (unpaired) electrons. The molecule has 6 nitrogen and oxygen atoms in total. The lowest BCUT2D eigenvalue weighted by Gasteiger charge is -2.48. The number of rotatable bonds is 6. The molecule has 0 unspecified atom stereocenters. The molecule has 2 aromatic carbocycles. The van der Waals surface area contributed by atoms with Crippen molar-refractivity contribution < 1.29 is 23.7 Å². The number of carbonyl (C=O) groups is 1. The first kappa shape index (κ1) is 23.6.